The minimum Gasteiger partial charge on any atom is -0.356 e. The molecule has 0 aliphatic carbocycles. The molecule has 2 aromatic carbocycles. The summed E-state index contributed by atoms with van der Waals surface area (Å²) >= 11 is 3.37. The molecule has 2 aromatic rings. The fourth-order valence-electron chi connectivity index (χ4n) is 2.23. The van der Waals surface area contributed by atoms with E-state index in [0.29, 0.717) is 12.1 Å². The molecule has 0 aromatic heterocycles. The van der Waals surface area contributed by atoms with E-state index in [-0.39, 0.29) is 29.9 Å². The number of halogens is 2. The lowest BCUT2D eigenvalue weighted by Gasteiger charge is -2.12. The SMILES string of the molecule is CN=C(NCCCNC(=O)c1cccc(Br)c1)NCc1ccccc1.I. The number of nitrogens with zero attached hydrogens (tertiary/aromatic N) is 1. The average molecular weight is 531 g/mol. The van der Waals surface area contributed by atoms with E-state index in [9.17, 15) is 4.79 Å². The molecule has 0 atom stereocenters. The second-order valence-corrected chi connectivity index (χ2v) is 6.37. The van der Waals surface area contributed by atoms with Crippen LogP contribution in [0.1, 0.15) is 22.3 Å². The summed E-state index contributed by atoms with van der Waals surface area (Å²) in [6, 6.07) is 17.5. The third-order valence-corrected chi connectivity index (χ3v) is 4.04. The van der Waals surface area contributed by atoms with Crippen LogP contribution in [-0.2, 0) is 6.54 Å². The summed E-state index contributed by atoms with van der Waals surface area (Å²) in [5.41, 5.74) is 1.86. The number of guanidine groups is 1. The average Bonchev–Trinajstić information content (AvgIpc) is 2.64. The highest BCUT2D eigenvalue weighted by Gasteiger charge is 2.04. The maximum Gasteiger partial charge on any atom is 0.251 e. The fraction of sp³-hybridized carbons (Fsp3) is 0.263. The maximum atomic E-state index is 12.0. The van der Waals surface area contributed by atoms with Gasteiger partial charge < -0.3 is 16.0 Å². The number of hydrogen-bond donors (Lipinski definition) is 3. The lowest BCUT2D eigenvalue weighted by molar-refractivity contribution is 0.0953. The molecule has 7 heteroatoms. The van der Waals surface area contributed by atoms with Crippen molar-refractivity contribution < 1.29 is 4.79 Å². The fourth-order valence-corrected chi connectivity index (χ4v) is 2.63. The van der Waals surface area contributed by atoms with Crippen LogP contribution in [0, 0.1) is 0 Å². The summed E-state index contributed by atoms with van der Waals surface area (Å²) in [6.45, 7) is 2.06. The molecule has 0 bridgehead atoms. The van der Waals surface area contributed by atoms with E-state index in [1.807, 2.05) is 36.4 Å². The Morgan fingerprint density at radius 2 is 1.73 bits per heavy atom. The number of carbonyl (C=O) groups excluding carboxylic acids is 1. The van der Waals surface area contributed by atoms with Crippen molar-refractivity contribution in [3.8, 4) is 0 Å². The van der Waals surface area contributed by atoms with Gasteiger partial charge >= 0.3 is 0 Å². The molecule has 2 rings (SSSR count). The monoisotopic (exact) mass is 530 g/mol. The van der Waals surface area contributed by atoms with Crippen molar-refractivity contribution in [2.75, 3.05) is 20.1 Å². The molecule has 1 amide bonds. The van der Waals surface area contributed by atoms with Crippen LogP contribution < -0.4 is 16.0 Å². The van der Waals surface area contributed by atoms with Crippen LogP contribution >= 0.6 is 39.9 Å². The highest BCUT2D eigenvalue weighted by molar-refractivity contribution is 14.0. The molecule has 0 saturated carbocycles. The van der Waals surface area contributed by atoms with Gasteiger partial charge in [0.2, 0.25) is 0 Å². The predicted octanol–water partition coefficient (Wildman–Crippen LogP) is 3.55. The Morgan fingerprint density at radius 1 is 1.00 bits per heavy atom. The lowest BCUT2D eigenvalue weighted by atomic mass is 10.2. The molecule has 0 radical (unpaired) electrons. The van der Waals surface area contributed by atoms with Crippen molar-refractivity contribution in [2.45, 2.75) is 13.0 Å². The molecular weight excluding hydrogens is 507 g/mol. The first kappa shape index (κ1) is 22.4. The standard InChI is InChI=1S/C19H23BrN4O.HI/c1-21-19(24-14-15-7-3-2-4-8-15)23-12-6-11-22-18(25)16-9-5-10-17(20)13-16;/h2-5,7-10,13H,6,11-12,14H2,1H3,(H,22,25)(H2,21,23,24);1H. The van der Waals surface area contributed by atoms with E-state index in [0.717, 1.165) is 29.9 Å². The van der Waals surface area contributed by atoms with Crippen molar-refractivity contribution >= 4 is 51.8 Å². The Bertz CT molecular complexity index is 710. The van der Waals surface area contributed by atoms with Gasteiger partial charge in [-0.15, -0.1) is 24.0 Å². The zero-order chi connectivity index (χ0) is 17.9. The Labute approximate surface area is 180 Å². The third-order valence-electron chi connectivity index (χ3n) is 3.54. The Hall–Kier alpha value is -1.61. The molecule has 0 heterocycles. The number of aliphatic imine (C=N–C) groups is 1. The number of benzene rings is 2. The van der Waals surface area contributed by atoms with Gasteiger partial charge in [0.15, 0.2) is 5.96 Å². The van der Waals surface area contributed by atoms with Crippen LogP contribution in [0.5, 0.6) is 0 Å². The van der Waals surface area contributed by atoms with Gasteiger partial charge in [-0.1, -0.05) is 52.3 Å². The quantitative estimate of drug-likeness (QED) is 0.222. The molecular formula is C19H24BrIN4O. The molecule has 0 saturated heterocycles. The topological polar surface area (TPSA) is 65.5 Å². The molecule has 5 nitrogen and oxygen atoms in total. The van der Waals surface area contributed by atoms with Gasteiger partial charge in [0.25, 0.3) is 5.91 Å². The van der Waals surface area contributed by atoms with E-state index in [4.69, 9.17) is 0 Å². The van der Waals surface area contributed by atoms with E-state index >= 15 is 0 Å². The highest BCUT2D eigenvalue weighted by Crippen LogP contribution is 2.11. The number of amides is 1. The second kappa shape index (κ2) is 12.7. The van der Waals surface area contributed by atoms with Gasteiger partial charge in [-0.2, -0.15) is 0 Å². The molecule has 0 fully saturated rings. The summed E-state index contributed by atoms with van der Waals surface area (Å²) < 4.78 is 0.898. The predicted molar refractivity (Wildman–Crippen MR) is 121 cm³/mol. The van der Waals surface area contributed by atoms with Gasteiger partial charge in [0, 0.05) is 36.7 Å². The normalized spacial score (nSPS) is 10.6. The zero-order valence-electron chi connectivity index (χ0n) is 14.7. The Balaban J connectivity index is 0.00000338. The van der Waals surface area contributed by atoms with Crippen molar-refractivity contribution in [3.05, 3.63) is 70.2 Å². The number of carbonyl (C=O) groups is 1. The Morgan fingerprint density at radius 3 is 2.42 bits per heavy atom. The van der Waals surface area contributed by atoms with Crippen LogP contribution in [0.15, 0.2) is 64.1 Å². The molecule has 0 spiro atoms. The van der Waals surface area contributed by atoms with Crippen molar-refractivity contribution in [1.29, 1.82) is 0 Å². The van der Waals surface area contributed by atoms with E-state index in [1.54, 1.807) is 13.1 Å². The molecule has 3 N–H and O–H groups in total. The van der Waals surface area contributed by atoms with Crippen LogP contribution in [0.2, 0.25) is 0 Å². The summed E-state index contributed by atoms with van der Waals surface area (Å²) in [6.07, 6.45) is 0.811. The first-order chi connectivity index (χ1) is 12.2. The van der Waals surface area contributed by atoms with Crippen molar-refractivity contribution in [1.82, 2.24) is 16.0 Å². The van der Waals surface area contributed by atoms with Crippen LogP contribution in [-0.4, -0.2) is 32.0 Å². The molecule has 0 unspecified atom stereocenters. The van der Waals surface area contributed by atoms with Gasteiger partial charge in [0.1, 0.15) is 0 Å². The Kier molecular flexibility index (Phi) is 11.0. The van der Waals surface area contributed by atoms with Crippen LogP contribution in [0.25, 0.3) is 0 Å². The van der Waals surface area contributed by atoms with Gasteiger partial charge in [-0.3, -0.25) is 9.79 Å². The van der Waals surface area contributed by atoms with Gasteiger partial charge in [-0.25, -0.2) is 0 Å². The molecule has 26 heavy (non-hydrogen) atoms. The summed E-state index contributed by atoms with van der Waals surface area (Å²) in [7, 11) is 1.75. The van der Waals surface area contributed by atoms with Gasteiger partial charge in [0.05, 0.1) is 0 Å². The largest absolute Gasteiger partial charge is 0.356 e. The van der Waals surface area contributed by atoms with Gasteiger partial charge in [-0.05, 0) is 30.2 Å². The zero-order valence-corrected chi connectivity index (χ0v) is 18.6. The highest BCUT2D eigenvalue weighted by atomic mass is 127. The van der Waals surface area contributed by atoms with Crippen molar-refractivity contribution in [2.24, 2.45) is 4.99 Å². The molecule has 0 aliphatic rings. The first-order valence-electron chi connectivity index (χ1n) is 8.21. The van der Waals surface area contributed by atoms with E-state index < -0.39 is 0 Å². The first-order valence-corrected chi connectivity index (χ1v) is 9.00. The number of rotatable bonds is 7. The molecule has 140 valence electrons. The number of nitrogens with one attached hydrogen (secondary N) is 3. The third kappa shape index (κ3) is 8.18. The van der Waals surface area contributed by atoms with Crippen LogP contribution in [0.4, 0.5) is 0 Å². The summed E-state index contributed by atoms with van der Waals surface area (Å²) in [4.78, 5) is 16.2. The molecule has 0 aliphatic heterocycles. The van der Waals surface area contributed by atoms with E-state index in [1.165, 1.54) is 5.56 Å². The number of hydrogen-bond acceptors (Lipinski definition) is 2. The van der Waals surface area contributed by atoms with E-state index in [2.05, 4.69) is 49.0 Å². The minimum atomic E-state index is -0.0621. The minimum absolute atomic E-state index is 0. The van der Waals surface area contributed by atoms with Crippen LogP contribution in [0.3, 0.4) is 0 Å². The second-order valence-electron chi connectivity index (χ2n) is 5.46. The maximum absolute atomic E-state index is 12.0. The summed E-state index contributed by atoms with van der Waals surface area (Å²) in [5, 5.41) is 9.42. The van der Waals surface area contributed by atoms with Crippen molar-refractivity contribution in [3.63, 3.8) is 0 Å². The lowest BCUT2D eigenvalue weighted by Crippen LogP contribution is -2.38. The summed E-state index contributed by atoms with van der Waals surface area (Å²) in [5.74, 6) is 0.690. The smallest absolute Gasteiger partial charge is 0.251 e.